The van der Waals surface area contributed by atoms with Crippen molar-refractivity contribution >= 4 is 23.2 Å². The molecule has 0 atom stereocenters. The Morgan fingerprint density at radius 3 is 2.68 bits per heavy atom. The Morgan fingerprint density at radius 2 is 2.16 bits per heavy atom. The molecule has 0 aliphatic heterocycles. The van der Waals surface area contributed by atoms with Crippen molar-refractivity contribution in [3.8, 4) is 0 Å². The lowest BCUT2D eigenvalue weighted by molar-refractivity contribution is -0.385. The highest BCUT2D eigenvalue weighted by atomic mass is 35.5. The molecule has 7 heteroatoms. The van der Waals surface area contributed by atoms with Crippen LogP contribution in [-0.4, -0.2) is 28.1 Å². The van der Waals surface area contributed by atoms with Crippen molar-refractivity contribution in [1.29, 1.82) is 0 Å². The topological polar surface area (TPSA) is 92.5 Å². The second-order valence-electron chi connectivity index (χ2n) is 4.70. The number of nitro groups is 1. The van der Waals surface area contributed by atoms with Crippen molar-refractivity contribution in [3.63, 3.8) is 0 Å². The number of aliphatic hydroxyl groups excluding tert-OH is 1. The maximum atomic E-state index is 12.1. The lowest BCUT2D eigenvalue weighted by Gasteiger charge is -2.25. The quantitative estimate of drug-likeness (QED) is 0.640. The first-order valence-electron chi connectivity index (χ1n) is 5.65. The summed E-state index contributed by atoms with van der Waals surface area (Å²) in [5, 5.41) is 22.4. The summed E-state index contributed by atoms with van der Waals surface area (Å²) in [5.74, 6) is -0.590. The molecule has 1 aromatic rings. The molecule has 0 bridgehead atoms. The average Bonchev–Trinajstić information content (AvgIpc) is 2.27. The van der Waals surface area contributed by atoms with Gasteiger partial charge in [0, 0.05) is 12.1 Å². The second-order valence-corrected chi connectivity index (χ2v) is 5.11. The van der Waals surface area contributed by atoms with Crippen molar-refractivity contribution in [2.75, 3.05) is 6.61 Å². The first-order valence-corrected chi connectivity index (χ1v) is 6.02. The fourth-order valence-corrected chi connectivity index (χ4v) is 1.84. The molecule has 0 aromatic heterocycles. The highest BCUT2D eigenvalue weighted by molar-refractivity contribution is 6.33. The van der Waals surface area contributed by atoms with Gasteiger partial charge in [0.2, 0.25) is 0 Å². The number of nitro benzene ring substituents is 1. The van der Waals surface area contributed by atoms with E-state index in [-0.39, 0.29) is 17.2 Å². The van der Waals surface area contributed by atoms with Crippen LogP contribution in [0.2, 0.25) is 5.02 Å². The third kappa shape index (κ3) is 3.90. The maximum absolute atomic E-state index is 12.1. The summed E-state index contributed by atoms with van der Waals surface area (Å²) in [6.45, 7) is 3.35. The van der Waals surface area contributed by atoms with Crippen molar-refractivity contribution in [2.24, 2.45) is 0 Å². The van der Waals surface area contributed by atoms with Gasteiger partial charge in [-0.3, -0.25) is 14.9 Å². The largest absolute Gasteiger partial charge is 0.396 e. The zero-order valence-electron chi connectivity index (χ0n) is 10.6. The van der Waals surface area contributed by atoms with Crippen LogP contribution in [0.25, 0.3) is 0 Å². The van der Waals surface area contributed by atoms with Crippen molar-refractivity contribution < 1.29 is 14.8 Å². The first kappa shape index (κ1) is 15.4. The van der Waals surface area contributed by atoms with E-state index in [9.17, 15) is 14.9 Å². The molecule has 19 heavy (non-hydrogen) atoms. The van der Waals surface area contributed by atoms with Gasteiger partial charge in [-0.15, -0.1) is 0 Å². The zero-order valence-corrected chi connectivity index (χ0v) is 11.4. The molecule has 0 heterocycles. The Kier molecular flexibility index (Phi) is 4.85. The van der Waals surface area contributed by atoms with Crippen LogP contribution in [-0.2, 0) is 0 Å². The minimum atomic E-state index is -0.684. The van der Waals surface area contributed by atoms with Gasteiger partial charge in [0.05, 0.1) is 4.92 Å². The van der Waals surface area contributed by atoms with Gasteiger partial charge >= 0.3 is 5.69 Å². The van der Waals surface area contributed by atoms with Crippen LogP contribution >= 0.6 is 11.6 Å². The monoisotopic (exact) mass is 286 g/mol. The van der Waals surface area contributed by atoms with Crippen LogP contribution in [0.1, 0.15) is 30.6 Å². The van der Waals surface area contributed by atoms with Crippen molar-refractivity contribution in [3.05, 3.63) is 38.9 Å². The number of aliphatic hydroxyl groups is 1. The molecule has 1 aromatic carbocycles. The first-order chi connectivity index (χ1) is 8.78. The number of carbonyl (C=O) groups is 1. The van der Waals surface area contributed by atoms with Crippen LogP contribution in [0.4, 0.5) is 5.69 Å². The van der Waals surface area contributed by atoms with Crippen LogP contribution < -0.4 is 5.32 Å². The van der Waals surface area contributed by atoms with Gasteiger partial charge in [0.1, 0.15) is 10.6 Å². The second kappa shape index (κ2) is 5.99. The number of hydrogen-bond acceptors (Lipinski definition) is 4. The van der Waals surface area contributed by atoms with E-state index in [0.717, 1.165) is 0 Å². The van der Waals surface area contributed by atoms with Gasteiger partial charge in [-0.1, -0.05) is 17.7 Å². The van der Waals surface area contributed by atoms with E-state index in [0.29, 0.717) is 6.42 Å². The average molecular weight is 287 g/mol. The van der Waals surface area contributed by atoms with E-state index >= 15 is 0 Å². The van der Waals surface area contributed by atoms with Gasteiger partial charge in [-0.25, -0.2) is 0 Å². The standard InChI is InChI=1S/C12H15ClN2O4/c1-12(2,6-7-16)14-11(17)8-4-3-5-9(13)10(8)15(18)19/h3-5,16H,6-7H2,1-2H3,(H,14,17). The number of para-hydroxylation sites is 1. The molecule has 1 rings (SSSR count). The Morgan fingerprint density at radius 1 is 1.53 bits per heavy atom. The van der Waals surface area contributed by atoms with E-state index in [4.69, 9.17) is 16.7 Å². The molecule has 104 valence electrons. The molecule has 0 aliphatic rings. The van der Waals surface area contributed by atoms with E-state index < -0.39 is 22.1 Å². The lowest BCUT2D eigenvalue weighted by Crippen LogP contribution is -2.44. The van der Waals surface area contributed by atoms with E-state index in [2.05, 4.69) is 5.32 Å². The van der Waals surface area contributed by atoms with Gasteiger partial charge in [0.25, 0.3) is 5.91 Å². The predicted molar refractivity (Wildman–Crippen MR) is 71.4 cm³/mol. The Bertz CT molecular complexity index is 503. The molecule has 6 nitrogen and oxygen atoms in total. The van der Waals surface area contributed by atoms with E-state index in [1.807, 2.05) is 0 Å². The molecule has 0 radical (unpaired) electrons. The fraction of sp³-hybridized carbons (Fsp3) is 0.417. The van der Waals surface area contributed by atoms with E-state index in [1.165, 1.54) is 18.2 Å². The van der Waals surface area contributed by atoms with Crippen LogP contribution in [0.5, 0.6) is 0 Å². The molecule has 1 amide bonds. The third-order valence-electron chi connectivity index (χ3n) is 2.60. The van der Waals surface area contributed by atoms with Gasteiger partial charge in [-0.2, -0.15) is 0 Å². The Balaban J connectivity index is 3.07. The van der Waals surface area contributed by atoms with Gasteiger partial charge in [-0.05, 0) is 32.4 Å². The Hall–Kier alpha value is -1.66. The number of nitrogens with one attached hydrogen (secondary N) is 1. The van der Waals surface area contributed by atoms with Crippen LogP contribution in [0.15, 0.2) is 18.2 Å². The summed E-state index contributed by atoms with van der Waals surface area (Å²) in [6.07, 6.45) is 0.340. The third-order valence-corrected chi connectivity index (χ3v) is 2.91. The SMILES string of the molecule is CC(C)(CCO)NC(=O)c1cccc(Cl)c1[N+](=O)[O-]. The van der Waals surface area contributed by atoms with Gasteiger partial charge in [0.15, 0.2) is 0 Å². The molecule has 0 spiro atoms. The van der Waals surface area contributed by atoms with Crippen LogP contribution in [0.3, 0.4) is 0 Å². The normalized spacial score (nSPS) is 11.2. The molecule has 0 saturated heterocycles. The predicted octanol–water partition coefficient (Wildman–Crippen LogP) is 2.14. The van der Waals surface area contributed by atoms with Crippen molar-refractivity contribution in [2.45, 2.75) is 25.8 Å². The highest BCUT2D eigenvalue weighted by Gasteiger charge is 2.27. The summed E-state index contributed by atoms with van der Waals surface area (Å²) < 4.78 is 0. The van der Waals surface area contributed by atoms with E-state index in [1.54, 1.807) is 13.8 Å². The summed E-state index contributed by atoms with van der Waals surface area (Å²) in [5.41, 5.74) is -1.17. The molecular weight excluding hydrogens is 272 g/mol. The molecule has 0 aliphatic carbocycles. The summed E-state index contributed by atoms with van der Waals surface area (Å²) in [7, 11) is 0. The number of amides is 1. The molecule has 2 N–H and O–H groups in total. The minimum Gasteiger partial charge on any atom is -0.396 e. The number of nitrogens with zero attached hydrogens (tertiary/aromatic N) is 1. The summed E-state index contributed by atoms with van der Waals surface area (Å²) >= 11 is 5.74. The smallest absolute Gasteiger partial charge is 0.300 e. The minimum absolute atomic E-state index is 0.0855. The summed E-state index contributed by atoms with van der Waals surface area (Å²) in [4.78, 5) is 22.3. The molecule has 0 unspecified atom stereocenters. The number of benzene rings is 1. The molecular formula is C12H15ClN2O4. The lowest BCUT2D eigenvalue weighted by atomic mass is 10.0. The maximum Gasteiger partial charge on any atom is 0.300 e. The number of carbonyl (C=O) groups excluding carboxylic acids is 1. The van der Waals surface area contributed by atoms with Crippen LogP contribution in [0, 0.1) is 10.1 Å². The van der Waals surface area contributed by atoms with Crippen molar-refractivity contribution in [1.82, 2.24) is 5.32 Å². The zero-order chi connectivity index (χ0) is 14.6. The van der Waals surface area contributed by atoms with Gasteiger partial charge < -0.3 is 10.4 Å². The molecule has 0 saturated carbocycles. The fourth-order valence-electron chi connectivity index (χ4n) is 1.60. The number of hydrogen-bond donors (Lipinski definition) is 2. The molecule has 0 fully saturated rings. The highest BCUT2D eigenvalue weighted by Crippen LogP contribution is 2.28. The summed E-state index contributed by atoms with van der Waals surface area (Å²) in [6, 6.07) is 4.17. The number of halogens is 1. The number of rotatable bonds is 5. The Labute approximate surface area is 115 Å².